The third-order valence-corrected chi connectivity index (χ3v) is 5.23. The molecule has 0 spiro atoms. The number of amides is 2. The zero-order chi connectivity index (χ0) is 21.0. The average Bonchev–Trinajstić information content (AvgIpc) is 2.65. The summed E-state index contributed by atoms with van der Waals surface area (Å²) in [7, 11) is 0. The fraction of sp³-hybridized carbons (Fsp3) is 0.417. The van der Waals surface area contributed by atoms with E-state index in [4.69, 9.17) is 0 Å². The SMILES string of the molecule is Cc1cc(C)cc(NC(=O)[C@@H](CC(C)C)NC(=O)[C@@H]2Cc3ccccc3CN2)c1. The molecule has 5 heteroatoms. The Kier molecular flexibility index (Phi) is 6.70. The van der Waals surface area contributed by atoms with Crippen LogP contribution in [0.2, 0.25) is 0 Å². The van der Waals surface area contributed by atoms with E-state index in [1.807, 2.05) is 38.1 Å². The number of aryl methyl sites for hydroxylation is 2. The van der Waals surface area contributed by atoms with Crippen LogP contribution in [0.3, 0.4) is 0 Å². The van der Waals surface area contributed by atoms with Gasteiger partial charge in [0.05, 0.1) is 6.04 Å². The van der Waals surface area contributed by atoms with E-state index in [9.17, 15) is 9.59 Å². The highest BCUT2D eigenvalue weighted by Crippen LogP contribution is 2.18. The van der Waals surface area contributed by atoms with Crippen LogP contribution in [0, 0.1) is 19.8 Å². The number of rotatable bonds is 6. The summed E-state index contributed by atoms with van der Waals surface area (Å²) in [6.07, 6.45) is 1.22. The molecule has 2 atom stereocenters. The van der Waals surface area contributed by atoms with Gasteiger partial charge in [-0.3, -0.25) is 9.59 Å². The number of anilines is 1. The average molecular weight is 394 g/mol. The monoisotopic (exact) mass is 393 g/mol. The lowest BCUT2D eigenvalue weighted by atomic mass is 9.95. The lowest BCUT2D eigenvalue weighted by Gasteiger charge is -2.28. The van der Waals surface area contributed by atoms with Crippen molar-refractivity contribution in [2.75, 3.05) is 5.32 Å². The first-order chi connectivity index (χ1) is 13.8. The second-order valence-corrected chi connectivity index (χ2v) is 8.46. The van der Waals surface area contributed by atoms with Crippen molar-refractivity contribution >= 4 is 17.5 Å². The highest BCUT2D eigenvalue weighted by molar-refractivity contribution is 5.98. The number of hydrogen-bond acceptors (Lipinski definition) is 3. The maximum Gasteiger partial charge on any atom is 0.246 e. The standard InChI is InChI=1S/C24H31N3O2/c1-15(2)9-22(24(29)26-20-11-16(3)10-17(4)12-20)27-23(28)21-13-18-7-5-6-8-19(18)14-25-21/h5-8,10-12,15,21-22,25H,9,13-14H2,1-4H3,(H,26,29)(H,27,28)/t21-,22+/m0/s1. The van der Waals surface area contributed by atoms with Crippen LogP contribution in [0.4, 0.5) is 5.69 Å². The van der Waals surface area contributed by atoms with E-state index in [-0.39, 0.29) is 23.8 Å². The summed E-state index contributed by atoms with van der Waals surface area (Å²) in [6, 6.07) is 13.2. The van der Waals surface area contributed by atoms with Gasteiger partial charge < -0.3 is 16.0 Å². The van der Waals surface area contributed by atoms with Crippen LogP contribution < -0.4 is 16.0 Å². The Balaban J connectivity index is 1.68. The van der Waals surface area contributed by atoms with Gasteiger partial charge >= 0.3 is 0 Å². The van der Waals surface area contributed by atoms with Crippen LogP contribution >= 0.6 is 0 Å². The number of carbonyl (C=O) groups is 2. The van der Waals surface area contributed by atoms with Gasteiger partial charge in [-0.25, -0.2) is 0 Å². The maximum atomic E-state index is 12.9. The molecule has 0 radical (unpaired) electrons. The van der Waals surface area contributed by atoms with Crippen molar-refractivity contribution in [1.82, 2.24) is 10.6 Å². The van der Waals surface area contributed by atoms with Crippen molar-refractivity contribution < 1.29 is 9.59 Å². The molecular formula is C24H31N3O2. The molecule has 0 saturated heterocycles. The minimum atomic E-state index is -0.567. The van der Waals surface area contributed by atoms with Gasteiger partial charge in [0.15, 0.2) is 0 Å². The molecular weight excluding hydrogens is 362 g/mol. The predicted molar refractivity (Wildman–Crippen MR) is 117 cm³/mol. The smallest absolute Gasteiger partial charge is 0.246 e. The van der Waals surface area contributed by atoms with Gasteiger partial charge in [-0.15, -0.1) is 0 Å². The lowest BCUT2D eigenvalue weighted by Crippen LogP contribution is -2.53. The quantitative estimate of drug-likeness (QED) is 0.704. The Bertz CT molecular complexity index is 871. The molecule has 1 aliphatic rings. The Labute approximate surface area is 173 Å². The second-order valence-electron chi connectivity index (χ2n) is 8.46. The summed E-state index contributed by atoms with van der Waals surface area (Å²) in [5.41, 5.74) is 5.36. The van der Waals surface area contributed by atoms with E-state index in [2.05, 4.69) is 48.0 Å². The van der Waals surface area contributed by atoms with Gasteiger partial charge in [0.25, 0.3) is 0 Å². The molecule has 1 heterocycles. The second kappa shape index (κ2) is 9.23. The van der Waals surface area contributed by atoms with Crippen molar-refractivity contribution in [3.8, 4) is 0 Å². The highest BCUT2D eigenvalue weighted by Gasteiger charge is 2.28. The molecule has 3 N–H and O–H groups in total. The van der Waals surface area contributed by atoms with Crippen molar-refractivity contribution in [2.45, 2.75) is 59.2 Å². The van der Waals surface area contributed by atoms with Crippen LogP contribution in [0.25, 0.3) is 0 Å². The predicted octanol–water partition coefficient (Wildman–Crippen LogP) is 3.49. The molecule has 0 saturated carbocycles. The Morgan fingerprint density at radius 3 is 2.38 bits per heavy atom. The minimum Gasteiger partial charge on any atom is -0.343 e. The van der Waals surface area contributed by atoms with Crippen LogP contribution in [-0.4, -0.2) is 23.9 Å². The number of benzene rings is 2. The molecule has 29 heavy (non-hydrogen) atoms. The number of hydrogen-bond donors (Lipinski definition) is 3. The molecule has 0 fully saturated rings. The van der Waals surface area contributed by atoms with Crippen LogP contribution in [0.1, 0.15) is 42.5 Å². The largest absolute Gasteiger partial charge is 0.343 e. The molecule has 2 aromatic carbocycles. The Hall–Kier alpha value is -2.66. The molecule has 2 aromatic rings. The minimum absolute atomic E-state index is 0.124. The fourth-order valence-electron chi connectivity index (χ4n) is 3.89. The van der Waals surface area contributed by atoms with Crippen LogP contribution in [0.15, 0.2) is 42.5 Å². The van der Waals surface area contributed by atoms with Gasteiger partial charge in [0.1, 0.15) is 6.04 Å². The van der Waals surface area contributed by atoms with Crippen molar-refractivity contribution in [3.05, 3.63) is 64.7 Å². The van der Waals surface area contributed by atoms with E-state index in [0.29, 0.717) is 19.4 Å². The number of nitrogens with one attached hydrogen (secondary N) is 3. The number of fused-ring (bicyclic) bond motifs is 1. The molecule has 0 aliphatic carbocycles. The summed E-state index contributed by atoms with van der Waals surface area (Å²) in [6.45, 7) is 8.78. The molecule has 0 unspecified atom stereocenters. The first kappa shape index (κ1) is 21.1. The highest BCUT2D eigenvalue weighted by atomic mass is 16.2. The molecule has 3 rings (SSSR count). The van der Waals surface area contributed by atoms with E-state index in [0.717, 1.165) is 16.8 Å². The van der Waals surface area contributed by atoms with E-state index >= 15 is 0 Å². The Morgan fingerprint density at radius 1 is 1.07 bits per heavy atom. The van der Waals surface area contributed by atoms with Gasteiger partial charge in [-0.1, -0.05) is 44.2 Å². The van der Waals surface area contributed by atoms with E-state index < -0.39 is 6.04 Å². The van der Waals surface area contributed by atoms with Crippen molar-refractivity contribution in [1.29, 1.82) is 0 Å². The number of carbonyl (C=O) groups excluding carboxylic acids is 2. The fourth-order valence-corrected chi connectivity index (χ4v) is 3.89. The molecule has 1 aliphatic heterocycles. The van der Waals surface area contributed by atoms with Gasteiger partial charge in [-0.05, 0) is 67.0 Å². The van der Waals surface area contributed by atoms with Crippen molar-refractivity contribution in [3.63, 3.8) is 0 Å². The van der Waals surface area contributed by atoms with E-state index in [1.165, 1.54) is 11.1 Å². The summed E-state index contributed by atoms with van der Waals surface area (Å²) in [4.78, 5) is 25.9. The zero-order valence-electron chi connectivity index (χ0n) is 17.7. The van der Waals surface area contributed by atoms with Gasteiger partial charge in [0.2, 0.25) is 11.8 Å². The molecule has 5 nitrogen and oxygen atoms in total. The lowest BCUT2D eigenvalue weighted by molar-refractivity contribution is -0.128. The van der Waals surface area contributed by atoms with Crippen molar-refractivity contribution in [2.24, 2.45) is 5.92 Å². The normalized spacial score (nSPS) is 16.8. The summed E-state index contributed by atoms with van der Waals surface area (Å²) in [5.74, 6) is -0.0145. The summed E-state index contributed by atoms with van der Waals surface area (Å²) >= 11 is 0. The molecule has 0 bridgehead atoms. The molecule has 0 aromatic heterocycles. The molecule has 154 valence electrons. The van der Waals surface area contributed by atoms with Crippen LogP contribution in [0.5, 0.6) is 0 Å². The third-order valence-electron chi connectivity index (χ3n) is 5.23. The topological polar surface area (TPSA) is 70.2 Å². The van der Waals surface area contributed by atoms with Gasteiger partial charge in [0, 0.05) is 12.2 Å². The molecule has 2 amide bonds. The summed E-state index contributed by atoms with van der Waals surface area (Å²) in [5, 5.41) is 9.26. The van der Waals surface area contributed by atoms with Gasteiger partial charge in [-0.2, -0.15) is 0 Å². The van der Waals surface area contributed by atoms with E-state index in [1.54, 1.807) is 0 Å². The zero-order valence-corrected chi connectivity index (χ0v) is 17.7. The first-order valence-electron chi connectivity index (χ1n) is 10.3. The Morgan fingerprint density at radius 2 is 1.72 bits per heavy atom. The maximum absolute atomic E-state index is 12.9. The first-order valence-corrected chi connectivity index (χ1v) is 10.3. The third kappa shape index (κ3) is 5.67. The summed E-state index contributed by atoms with van der Waals surface area (Å²) < 4.78 is 0. The van der Waals surface area contributed by atoms with Crippen LogP contribution in [-0.2, 0) is 22.6 Å².